The van der Waals surface area contributed by atoms with Crippen molar-refractivity contribution in [3.8, 4) is 0 Å². The van der Waals surface area contributed by atoms with Gasteiger partial charge in [0.05, 0.1) is 9.77 Å². The summed E-state index contributed by atoms with van der Waals surface area (Å²) in [5, 5.41) is 7.95. The molecular formula is C17H20N2O3S2. The standard InChI is InChI=1S/C17H20N2O3S2/c1-11-2-7-15-13(8-11)9-16(23-15)17(20)19-10-12-3-5-14(6-4-12)24(18,21)22/h3-6,9,11H,2,7-8,10H2,1H3,(H,19,20)(H2,18,21,22). The Kier molecular flexibility index (Phi) is 4.76. The van der Waals surface area contributed by atoms with Gasteiger partial charge in [0.2, 0.25) is 10.0 Å². The molecule has 0 spiro atoms. The lowest BCUT2D eigenvalue weighted by atomic mass is 9.90. The van der Waals surface area contributed by atoms with E-state index >= 15 is 0 Å². The maximum absolute atomic E-state index is 12.3. The van der Waals surface area contributed by atoms with E-state index in [1.807, 2.05) is 6.07 Å². The molecule has 1 aliphatic carbocycles. The van der Waals surface area contributed by atoms with Gasteiger partial charge in [-0.3, -0.25) is 4.79 Å². The van der Waals surface area contributed by atoms with Crippen LogP contribution in [0.5, 0.6) is 0 Å². The first kappa shape index (κ1) is 17.1. The number of hydrogen-bond donors (Lipinski definition) is 2. The average Bonchev–Trinajstić information content (AvgIpc) is 2.95. The molecule has 3 rings (SSSR count). The lowest BCUT2D eigenvalue weighted by Gasteiger charge is -2.16. The van der Waals surface area contributed by atoms with Crippen LogP contribution in [0.2, 0.25) is 0 Å². The van der Waals surface area contributed by atoms with Crippen molar-refractivity contribution in [2.75, 3.05) is 0 Å². The second-order valence-electron chi connectivity index (χ2n) is 6.28. The van der Waals surface area contributed by atoms with E-state index in [0.717, 1.165) is 23.3 Å². The van der Waals surface area contributed by atoms with E-state index in [2.05, 4.69) is 12.2 Å². The Morgan fingerprint density at radius 2 is 2.04 bits per heavy atom. The van der Waals surface area contributed by atoms with E-state index in [1.54, 1.807) is 23.5 Å². The summed E-state index contributed by atoms with van der Waals surface area (Å²) in [7, 11) is -3.69. The molecule has 1 unspecified atom stereocenters. The molecule has 1 atom stereocenters. The molecule has 1 aromatic heterocycles. The Labute approximate surface area is 145 Å². The van der Waals surface area contributed by atoms with E-state index in [0.29, 0.717) is 12.5 Å². The molecule has 0 saturated heterocycles. The highest BCUT2D eigenvalue weighted by atomic mass is 32.2. The number of carbonyl (C=O) groups excluding carboxylic acids is 1. The minimum Gasteiger partial charge on any atom is -0.347 e. The fourth-order valence-corrected chi connectivity index (χ4v) is 4.52. The molecule has 0 fully saturated rings. The number of hydrogen-bond acceptors (Lipinski definition) is 4. The van der Waals surface area contributed by atoms with Crippen molar-refractivity contribution in [1.82, 2.24) is 5.32 Å². The van der Waals surface area contributed by atoms with Gasteiger partial charge in [-0.25, -0.2) is 13.6 Å². The van der Waals surface area contributed by atoms with Gasteiger partial charge < -0.3 is 5.32 Å². The number of rotatable bonds is 4. The second-order valence-corrected chi connectivity index (χ2v) is 8.98. The topological polar surface area (TPSA) is 89.3 Å². The van der Waals surface area contributed by atoms with Crippen molar-refractivity contribution in [3.05, 3.63) is 51.2 Å². The molecule has 0 saturated carbocycles. The predicted octanol–water partition coefficient (Wildman–Crippen LogP) is 2.45. The molecule has 5 nitrogen and oxygen atoms in total. The van der Waals surface area contributed by atoms with E-state index < -0.39 is 10.0 Å². The van der Waals surface area contributed by atoms with Crippen LogP contribution in [-0.2, 0) is 29.4 Å². The molecule has 0 bridgehead atoms. The third kappa shape index (κ3) is 3.85. The maximum atomic E-state index is 12.3. The third-order valence-electron chi connectivity index (χ3n) is 4.26. The van der Waals surface area contributed by atoms with Gasteiger partial charge in [-0.2, -0.15) is 0 Å². The largest absolute Gasteiger partial charge is 0.347 e. The van der Waals surface area contributed by atoms with Crippen LogP contribution in [0.25, 0.3) is 0 Å². The van der Waals surface area contributed by atoms with Gasteiger partial charge >= 0.3 is 0 Å². The van der Waals surface area contributed by atoms with Gasteiger partial charge in [0.15, 0.2) is 0 Å². The summed E-state index contributed by atoms with van der Waals surface area (Å²) in [6, 6.07) is 8.21. The minimum absolute atomic E-state index is 0.0672. The van der Waals surface area contributed by atoms with Crippen molar-refractivity contribution in [2.45, 2.75) is 37.6 Å². The molecule has 7 heteroatoms. The zero-order valence-corrected chi connectivity index (χ0v) is 15.0. The Balaban J connectivity index is 1.64. The Bertz CT molecular complexity index is 854. The molecule has 24 heavy (non-hydrogen) atoms. The SMILES string of the molecule is CC1CCc2sc(C(=O)NCc3ccc(S(N)(=O)=O)cc3)cc2C1. The number of carbonyl (C=O) groups is 1. The molecule has 0 aliphatic heterocycles. The van der Waals surface area contributed by atoms with Gasteiger partial charge in [0.1, 0.15) is 0 Å². The van der Waals surface area contributed by atoms with Gasteiger partial charge in [-0.1, -0.05) is 19.1 Å². The normalized spacial score (nSPS) is 17.3. The molecule has 2 aromatic rings. The van der Waals surface area contributed by atoms with E-state index in [1.165, 1.54) is 29.0 Å². The van der Waals surface area contributed by atoms with Gasteiger partial charge in [-0.05, 0) is 54.5 Å². The van der Waals surface area contributed by atoms with Gasteiger partial charge in [-0.15, -0.1) is 11.3 Å². The van der Waals surface area contributed by atoms with E-state index in [9.17, 15) is 13.2 Å². The Morgan fingerprint density at radius 3 is 2.71 bits per heavy atom. The van der Waals surface area contributed by atoms with E-state index in [-0.39, 0.29) is 10.8 Å². The zero-order valence-electron chi connectivity index (χ0n) is 13.4. The number of primary sulfonamides is 1. The summed E-state index contributed by atoms with van der Waals surface area (Å²) in [6.07, 6.45) is 3.29. The molecule has 1 aliphatic rings. The van der Waals surface area contributed by atoms with Crippen LogP contribution in [0.1, 0.15) is 39.0 Å². The highest BCUT2D eigenvalue weighted by molar-refractivity contribution is 7.89. The quantitative estimate of drug-likeness (QED) is 0.873. The van der Waals surface area contributed by atoms with Crippen molar-refractivity contribution in [1.29, 1.82) is 0 Å². The predicted molar refractivity (Wildman–Crippen MR) is 94.5 cm³/mol. The molecule has 3 N–H and O–H groups in total. The highest BCUT2D eigenvalue weighted by Crippen LogP contribution is 2.32. The third-order valence-corrected chi connectivity index (χ3v) is 6.42. The highest BCUT2D eigenvalue weighted by Gasteiger charge is 2.20. The molecule has 0 radical (unpaired) electrons. The molecule has 128 valence electrons. The van der Waals surface area contributed by atoms with Crippen LogP contribution in [0.15, 0.2) is 35.2 Å². The number of sulfonamides is 1. The molecule has 1 heterocycles. The summed E-state index contributed by atoms with van der Waals surface area (Å²) >= 11 is 1.58. The average molecular weight is 364 g/mol. The first-order valence-electron chi connectivity index (χ1n) is 7.84. The van der Waals surface area contributed by atoms with Crippen molar-refractivity contribution < 1.29 is 13.2 Å². The number of thiophene rings is 1. The van der Waals surface area contributed by atoms with Crippen molar-refractivity contribution in [2.24, 2.45) is 11.1 Å². The number of fused-ring (bicyclic) bond motifs is 1. The van der Waals surface area contributed by atoms with Crippen molar-refractivity contribution in [3.63, 3.8) is 0 Å². The number of benzene rings is 1. The molecule has 1 amide bonds. The number of amides is 1. The summed E-state index contributed by atoms with van der Waals surface area (Å²) in [5.41, 5.74) is 2.13. The fourth-order valence-electron chi connectivity index (χ4n) is 2.88. The Morgan fingerprint density at radius 1 is 1.33 bits per heavy atom. The molecular weight excluding hydrogens is 344 g/mol. The number of nitrogens with one attached hydrogen (secondary N) is 1. The lowest BCUT2D eigenvalue weighted by molar-refractivity contribution is 0.0955. The monoisotopic (exact) mass is 364 g/mol. The lowest BCUT2D eigenvalue weighted by Crippen LogP contribution is -2.21. The fraction of sp³-hybridized carbons (Fsp3) is 0.353. The van der Waals surface area contributed by atoms with E-state index in [4.69, 9.17) is 5.14 Å². The summed E-state index contributed by atoms with van der Waals surface area (Å²) in [4.78, 5) is 14.5. The van der Waals surface area contributed by atoms with Crippen LogP contribution >= 0.6 is 11.3 Å². The van der Waals surface area contributed by atoms with Gasteiger partial charge in [0.25, 0.3) is 5.91 Å². The Hall–Kier alpha value is -1.70. The first-order chi connectivity index (χ1) is 11.3. The number of nitrogens with two attached hydrogens (primary N) is 1. The first-order valence-corrected chi connectivity index (χ1v) is 10.2. The maximum Gasteiger partial charge on any atom is 0.261 e. The van der Waals surface area contributed by atoms with Gasteiger partial charge in [0, 0.05) is 11.4 Å². The summed E-state index contributed by atoms with van der Waals surface area (Å²) < 4.78 is 22.4. The number of aryl methyl sites for hydroxylation is 1. The van der Waals surface area contributed by atoms with Crippen LogP contribution < -0.4 is 10.5 Å². The summed E-state index contributed by atoms with van der Waals surface area (Å²) in [5.74, 6) is 0.595. The smallest absolute Gasteiger partial charge is 0.261 e. The second kappa shape index (κ2) is 6.66. The van der Waals surface area contributed by atoms with Crippen LogP contribution in [0, 0.1) is 5.92 Å². The molecule has 1 aromatic carbocycles. The zero-order chi connectivity index (χ0) is 17.3. The minimum atomic E-state index is -3.69. The van der Waals surface area contributed by atoms with Crippen LogP contribution in [0.3, 0.4) is 0 Å². The summed E-state index contributed by atoms with van der Waals surface area (Å²) in [6.45, 7) is 2.59. The van der Waals surface area contributed by atoms with Crippen LogP contribution in [0.4, 0.5) is 0 Å². The van der Waals surface area contributed by atoms with Crippen LogP contribution in [-0.4, -0.2) is 14.3 Å². The van der Waals surface area contributed by atoms with Crippen molar-refractivity contribution >= 4 is 27.3 Å².